The van der Waals surface area contributed by atoms with Crippen LogP contribution in [0, 0.1) is 0 Å². The van der Waals surface area contributed by atoms with Gasteiger partial charge in [-0.15, -0.1) is 0 Å². The molecule has 22 heavy (non-hydrogen) atoms. The average molecular weight is 294 g/mol. The van der Waals surface area contributed by atoms with Crippen molar-refractivity contribution in [3.8, 4) is 0 Å². The number of nitrogens with zero attached hydrogens (tertiary/aromatic N) is 1. The number of hydrogen-bond donors (Lipinski definition) is 1. The lowest BCUT2D eigenvalue weighted by Crippen LogP contribution is -2.30. The largest absolute Gasteiger partial charge is 0.465 e. The van der Waals surface area contributed by atoms with Crippen LogP contribution in [-0.4, -0.2) is 24.8 Å². The first kappa shape index (κ1) is 14.0. The summed E-state index contributed by atoms with van der Waals surface area (Å²) in [5, 5.41) is 2.79. The number of fused-ring (bicyclic) bond motifs is 1. The van der Waals surface area contributed by atoms with Crippen LogP contribution in [0.15, 0.2) is 53.5 Å². The molecule has 5 heteroatoms. The maximum atomic E-state index is 12.3. The molecule has 1 N–H and O–H groups in total. The van der Waals surface area contributed by atoms with E-state index >= 15 is 0 Å². The number of ether oxygens (including phenoxy) is 1. The van der Waals surface area contributed by atoms with Crippen molar-refractivity contribution in [1.82, 2.24) is 5.32 Å². The Kier molecular flexibility index (Phi) is 3.70. The number of amides is 1. The number of esters is 1. The van der Waals surface area contributed by atoms with Crippen molar-refractivity contribution >= 4 is 23.4 Å². The second-order valence-corrected chi connectivity index (χ2v) is 4.89. The van der Waals surface area contributed by atoms with Crippen molar-refractivity contribution < 1.29 is 14.3 Å². The molecular formula is C17H14N2O3. The van der Waals surface area contributed by atoms with E-state index in [9.17, 15) is 9.59 Å². The fourth-order valence-corrected chi connectivity index (χ4v) is 2.32. The highest BCUT2D eigenvalue weighted by atomic mass is 16.5. The van der Waals surface area contributed by atoms with Gasteiger partial charge >= 0.3 is 5.97 Å². The molecule has 0 unspecified atom stereocenters. The summed E-state index contributed by atoms with van der Waals surface area (Å²) in [4.78, 5) is 28.2. The summed E-state index contributed by atoms with van der Waals surface area (Å²) < 4.78 is 4.65. The van der Waals surface area contributed by atoms with E-state index in [2.05, 4.69) is 15.0 Å². The predicted molar refractivity (Wildman–Crippen MR) is 82.5 cm³/mol. The Hall–Kier alpha value is -2.95. The number of rotatable bonds is 2. The van der Waals surface area contributed by atoms with Crippen LogP contribution in [0.4, 0.5) is 5.69 Å². The summed E-state index contributed by atoms with van der Waals surface area (Å²) in [6.07, 6.45) is 0.596. The van der Waals surface area contributed by atoms with Crippen LogP contribution in [0.5, 0.6) is 0 Å². The number of benzene rings is 2. The van der Waals surface area contributed by atoms with Gasteiger partial charge in [0.1, 0.15) is 5.84 Å². The molecule has 3 rings (SSSR count). The van der Waals surface area contributed by atoms with Crippen molar-refractivity contribution in [2.45, 2.75) is 6.42 Å². The molecule has 0 spiro atoms. The highest BCUT2D eigenvalue weighted by Gasteiger charge is 2.17. The molecule has 0 radical (unpaired) electrons. The molecule has 1 aliphatic rings. The van der Waals surface area contributed by atoms with Gasteiger partial charge in [-0.1, -0.05) is 24.3 Å². The van der Waals surface area contributed by atoms with Gasteiger partial charge in [0.25, 0.3) is 5.91 Å². The Balaban J connectivity index is 1.75. The van der Waals surface area contributed by atoms with Crippen molar-refractivity contribution in [3.05, 3.63) is 65.2 Å². The lowest BCUT2D eigenvalue weighted by molar-refractivity contribution is 0.0600. The summed E-state index contributed by atoms with van der Waals surface area (Å²) >= 11 is 0. The van der Waals surface area contributed by atoms with Crippen LogP contribution in [-0.2, 0) is 11.2 Å². The molecule has 0 aliphatic carbocycles. The highest BCUT2D eigenvalue weighted by Crippen LogP contribution is 2.25. The lowest BCUT2D eigenvalue weighted by atomic mass is 10.1. The van der Waals surface area contributed by atoms with E-state index in [0.29, 0.717) is 23.4 Å². The number of carbonyl (C=O) groups excluding carboxylic acids is 2. The minimum absolute atomic E-state index is 0.294. The maximum absolute atomic E-state index is 12.3. The predicted octanol–water partition coefficient (Wildman–Crippen LogP) is 2.49. The molecule has 1 aliphatic heterocycles. The Morgan fingerprint density at radius 2 is 1.86 bits per heavy atom. The molecule has 2 aromatic carbocycles. The molecule has 0 saturated heterocycles. The summed E-state index contributed by atoms with van der Waals surface area (Å²) in [6.45, 7) is 0. The van der Waals surface area contributed by atoms with E-state index in [0.717, 1.165) is 11.3 Å². The summed E-state index contributed by atoms with van der Waals surface area (Å²) in [5.74, 6) is -0.160. The molecule has 2 aromatic rings. The molecule has 0 atom stereocenters. The number of amidine groups is 1. The minimum Gasteiger partial charge on any atom is -0.465 e. The SMILES string of the molecule is COC(=O)c1cccc(C(=O)NC2=Nc3ccccc3C2)c1. The monoisotopic (exact) mass is 294 g/mol. The van der Waals surface area contributed by atoms with Gasteiger partial charge in [0.2, 0.25) is 0 Å². The standard InChI is InChI=1S/C17H14N2O3/c1-22-17(21)13-7-4-6-12(9-13)16(20)19-15-10-11-5-2-3-8-14(11)18-15/h2-9H,10H2,1H3,(H,18,19,20). The topological polar surface area (TPSA) is 67.8 Å². The van der Waals surface area contributed by atoms with Crippen LogP contribution in [0.25, 0.3) is 0 Å². The van der Waals surface area contributed by atoms with E-state index in [1.54, 1.807) is 18.2 Å². The van der Waals surface area contributed by atoms with Crippen LogP contribution >= 0.6 is 0 Å². The lowest BCUT2D eigenvalue weighted by Gasteiger charge is -2.06. The average Bonchev–Trinajstić information content (AvgIpc) is 2.96. The van der Waals surface area contributed by atoms with Crippen LogP contribution in [0.1, 0.15) is 26.3 Å². The summed E-state index contributed by atoms with van der Waals surface area (Å²) in [7, 11) is 1.31. The Labute approximate surface area is 127 Å². The Bertz CT molecular complexity index is 781. The Morgan fingerprint density at radius 3 is 2.64 bits per heavy atom. The molecule has 1 heterocycles. The number of hydrogen-bond acceptors (Lipinski definition) is 4. The highest BCUT2D eigenvalue weighted by molar-refractivity contribution is 6.09. The van der Waals surface area contributed by atoms with Crippen LogP contribution < -0.4 is 5.32 Å². The first-order valence-electron chi connectivity index (χ1n) is 6.82. The first-order chi connectivity index (χ1) is 10.7. The zero-order chi connectivity index (χ0) is 15.5. The normalized spacial score (nSPS) is 12.3. The molecule has 0 fully saturated rings. The summed E-state index contributed by atoms with van der Waals surface area (Å²) in [6, 6.07) is 14.1. The maximum Gasteiger partial charge on any atom is 0.337 e. The molecule has 1 amide bonds. The van der Waals surface area contributed by atoms with Gasteiger partial charge in [0, 0.05) is 12.0 Å². The third-order valence-electron chi connectivity index (χ3n) is 3.41. The Morgan fingerprint density at radius 1 is 1.09 bits per heavy atom. The van der Waals surface area contributed by atoms with Crippen LogP contribution in [0.2, 0.25) is 0 Å². The van der Waals surface area contributed by atoms with Gasteiger partial charge in [-0.25, -0.2) is 9.79 Å². The zero-order valence-corrected chi connectivity index (χ0v) is 12.0. The fraction of sp³-hybridized carbons (Fsp3) is 0.118. The number of nitrogens with one attached hydrogen (secondary N) is 1. The van der Waals surface area contributed by atoms with Gasteiger partial charge in [-0.05, 0) is 29.8 Å². The molecule has 0 saturated carbocycles. The fourth-order valence-electron chi connectivity index (χ4n) is 2.32. The minimum atomic E-state index is -0.472. The van der Waals surface area contributed by atoms with Gasteiger partial charge < -0.3 is 10.1 Å². The number of para-hydroxylation sites is 1. The molecule has 0 aromatic heterocycles. The van der Waals surface area contributed by atoms with Gasteiger partial charge in [-0.2, -0.15) is 0 Å². The van der Waals surface area contributed by atoms with Crippen molar-refractivity contribution in [2.24, 2.45) is 4.99 Å². The van der Waals surface area contributed by atoms with Crippen molar-refractivity contribution in [3.63, 3.8) is 0 Å². The second kappa shape index (κ2) is 5.81. The molecule has 0 bridgehead atoms. The van der Waals surface area contributed by atoms with Crippen molar-refractivity contribution in [1.29, 1.82) is 0 Å². The van der Waals surface area contributed by atoms with Gasteiger partial charge in [-0.3, -0.25) is 4.79 Å². The third-order valence-corrected chi connectivity index (χ3v) is 3.41. The van der Waals surface area contributed by atoms with E-state index in [1.807, 2.05) is 24.3 Å². The zero-order valence-electron chi connectivity index (χ0n) is 12.0. The van der Waals surface area contributed by atoms with Gasteiger partial charge in [0.05, 0.1) is 18.4 Å². The number of aliphatic imine (C=N–C) groups is 1. The molecule has 110 valence electrons. The van der Waals surface area contributed by atoms with E-state index < -0.39 is 5.97 Å². The summed E-state index contributed by atoms with van der Waals surface area (Å²) in [5.41, 5.74) is 2.69. The van der Waals surface area contributed by atoms with Gasteiger partial charge in [0.15, 0.2) is 0 Å². The van der Waals surface area contributed by atoms with Crippen LogP contribution in [0.3, 0.4) is 0 Å². The number of methoxy groups -OCH3 is 1. The smallest absolute Gasteiger partial charge is 0.337 e. The third kappa shape index (κ3) is 2.74. The quantitative estimate of drug-likeness (QED) is 0.865. The molecule has 5 nitrogen and oxygen atoms in total. The van der Waals surface area contributed by atoms with E-state index in [-0.39, 0.29) is 5.91 Å². The first-order valence-corrected chi connectivity index (χ1v) is 6.82. The van der Waals surface area contributed by atoms with Crippen molar-refractivity contribution in [2.75, 3.05) is 7.11 Å². The van der Waals surface area contributed by atoms with E-state index in [4.69, 9.17) is 0 Å². The molecular weight excluding hydrogens is 280 g/mol. The van der Waals surface area contributed by atoms with E-state index in [1.165, 1.54) is 13.2 Å². The second-order valence-electron chi connectivity index (χ2n) is 4.89. The number of carbonyl (C=O) groups is 2.